The van der Waals surface area contributed by atoms with Crippen LogP contribution in [0.2, 0.25) is 0 Å². The second-order valence-electron chi connectivity index (χ2n) is 12.1. The number of carbonyl (C=O) groups excluding carboxylic acids is 3. The molecule has 1 aromatic carbocycles. The Morgan fingerprint density at radius 3 is 2.43 bits per heavy atom. The topological polar surface area (TPSA) is 99.6 Å². The second kappa shape index (κ2) is 12.6. The lowest BCUT2D eigenvalue weighted by Gasteiger charge is -2.41. The quantitative estimate of drug-likeness (QED) is 0.379. The predicted molar refractivity (Wildman–Crippen MR) is 160 cm³/mol. The molecule has 4 aliphatic rings. The molecule has 4 fully saturated rings. The Hall–Kier alpha value is -3.17. The van der Waals surface area contributed by atoms with Gasteiger partial charge in [0.05, 0.1) is 37.2 Å². The van der Waals surface area contributed by atoms with Crippen LogP contribution >= 0.6 is 0 Å². The summed E-state index contributed by atoms with van der Waals surface area (Å²) in [4.78, 5) is 48.3. The predicted octanol–water partition coefficient (Wildman–Crippen LogP) is 3.71. The van der Waals surface area contributed by atoms with Gasteiger partial charge in [0.2, 0.25) is 17.7 Å². The van der Waals surface area contributed by atoms with E-state index in [1.165, 1.54) is 4.90 Å². The molecule has 3 saturated heterocycles. The highest BCUT2D eigenvalue weighted by Gasteiger charge is 2.75. The molecule has 228 valence electrons. The number of hydrogen-bond donors (Lipinski definition) is 1. The van der Waals surface area contributed by atoms with Crippen molar-refractivity contribution in [1.29, 1.82) is 0 Å². The summed E-state index contributed by atoms with van der Waals surface area (Å²) in [5.74, 6) is -1.52. The molecular formula is C33H45N3O6. The summed E-state index contributed by atoms with van der Waals surface area (Å²) in [5.41, 5.74) is -0.441. The molecule has 3 aliphatic heterocycles. The molecule has 9 heteroatoms. The van der Waals surface area contributed by atoms with Gasteiger partial charge in [-0.25, -0.2) is 0 Å². The van der Waals surface area contributed by atoms with Crippen molar-refractivity contribution < 1.29 is 29.0 Å². The number of hydrogen-bond acceptors (Lipinski definition) is 6. The Bertz CT molecular complexity index is 1180. The first-order valence-corrected chi connectivity index (χ1v) is 15.5. The van der Waals surface area contributed by atoms with Gasteiger partial charge >= 0.3 is 0 Å². The molecule has 42 heavy (non-hydrogen) atoms. The average Bonchev–Trinajstić information content (AvgIpc) is 3.66. The third-order valence-corrected chi connectivity index (χ3v) is 9.66. The van der Waals surface area contributed by atoms with Crippen LogP contribution in [0.25, 0.3) is 0 Å². The van der Waals surface area contributed by atoms with E-state index < -0.39 is 35.6 Å². The van der Waals surface area contributed by atoms with Gasteiger partial charge in [-0.2, -0.15) is 0 Å². The summed E-state index contributed by atoms with van der Waals surface area (Å²) in [6, 6.07) is 5.87. The van der Waals surface area contributed by atoms with Crippen molar-refractivity contribution in [2.24, 2.45) is 11.8 Å². The maximum absolute atomic E-state index is 14.6. The fraction of sp³-hybridized carbons (Fsp3) is 0.606. The SMILES string of the molecule is C=CCN(C(=O)[C@@H]1[C@H]2C(=O)N([C@H](C)CO)C(C(=O)N(CC=C)C3CCCCC3)C23CC[C@H]1O3)c1ccc(OCC)cc1. The average molecular weight is 580 g/mol. The molecule has 1 spiro atoms. The van der Waals surface area contributed by atoms with Gasteiger partial charge in [-0.15, -0.1) is 13.2 Å². The molecule has 1 N–H and O–H groups in total. The van der Waals surface area contributed by atoms with Gasteiger partial charge in [0, 0.05) is 24.8 Å². The second-order valence-corrected chi connectivity index (χ2v) is 12.1. The molecule has 1 aromatic rings. The van der Waals surface area contributed by atoms with Crippen molar-refractivity contribution in [3.8, 4) is 5.75 Å². The third-order valence-electron chi connectivity index (χ3n) is 9.66. The van der Waals surface area contributed by atoms with Gasteiger partial charge in [0.1, 0.15) is 17.4 Å². The molecule has 3 heterocycles. The first-order chi connectivity index (χ1) is 20.3. The summed E-state index contributed by atoms with van der Waals surface area (Å²) < 4.78 is 12.2. The lowest BCUT2D eigenvalue weighted by molar-refractivity contribution is -0.152. The zero-order chi connectivity index (χ0) is 30.0. The van der Waals surface area contributed by atoms with Gasteiger partial charge in [0.15, 0.2) is 0 Å². The van der Waals surface area contributed by atoms with Crippen molar-refractivity contribution in [3.05, 3.63) is 49.6 Å². The molecule has 5 rings (SSSR count). The molecule has 0 aromatic heterocycles. The van der Waals surface area contributed by atoms with Gasteiger partial charge in [-0.1, -0.05) is 31.4 Å². The van der Waals surface area contributed by atoms with Crippen LogP contribution in [-0.4, -0.2) is 88.8 Å². The molecule has 1 saturated carbocycles. The highest BCUT2D eigenvalue weighted by Crippen LogP contribution is 2.59. The summed E-state index contributed by atoms with van der Waals surface area (Å²) in [5, 5.41) is 10.2. The molecule has 6 atom stereocenters. The van der Waals surface area contributed by atoms with E-state index in [4.69, 9.17) is 9.47 Å². The van der Waals surface area contributed by atoms with E-state index >= 15 is 0 Å². The number of aliphatic hydroxyl groups excluding tert-OH is 1. The Labute approximate surface area is 249 Å². The molecule has 1 aliphatic carbocycles. The number of aliphatic hydroxyl groups is 1. The van der Waals surface area contributed by atoms with E-state index in [1.54, 1.807) is 24.0 Å². The standard InChI is InChI=1S/C33H45N3O6/c1-5-19-34(24-13-15-25(16-14-24)41-7-3)30(38)27-26-17-18-33(42-26)28(27)31(39)36(22(4)21-37)29(33)32(40)35(20-6-2)23-11-9-8-10-12-23/h5-6,13-16,22-23,26-29,37H,1-2,7-12,17-21H2,3-4H3/t22-,26-,27+,28+,29?,33?/m1/s1. The Balaban J connectivity index is 1.51. The van der Waals surface area contributed by atoms with Crippen molar-refractivity contribution in [2.75, 3.05) is 31.2 Å². The Morgan fingerprint density at radius 2 is 1.81 bits per heavy atom. The van der Waals surface area contributed by atoms with Crippen LogP contribution in [0.1, 0.15) is 58.8 Å². The van der Waals surface area contributed by atoms with Gasteiger partial charge in [-0.05, 0) is 63.8 Å². The number of benzene rings is 1. The maximum atomic E-state index is 14.6. The normalized spacial score (nSPS) is 29.2. The Morgan fingerprint density at radius 1 is 1.12 bits per heavy atom. The molecular weight excluding hydrogens is 534 g/mol. The largest absolute Gasteiger partial charge is 0.494 e. The van der Waals surface area contributed by atoms with Crippen molar-refractivity contribution in [3.63, 3.8) is 0 Å². The van der Waals surface area contributed by atoms with E-state index in [0.717, 1.165) is 32.1 Å². The first-order valence-electron chi connectivity index (χ1n) is 15.5. The maximum Gasteiger partial charge on any atom is 0.248 e. The monoisotopic (exact) mass is 579 g/mol. The van der Waals surface area contributed by atoms with Crippen LogP contribution in [0, 0.1) is 11.8 Å². The lowest BCUT2D eigenvalue weighted by atomic mass is 9.70. The van der Waals surface area contributed by atoms with Crippen molar-refractivity contribution in [2.45, 2.75) is 88.6 Å². The number of likely N-dealkylation sites (tertiary alicyclic amines) is 1. The molecule has 2 unspecified atom stereocenters. The highest BCUT2D eigenvalue weighted by molar-refractivity contribution is 6.03. The van der Waals surface area contributed by atoms with Crippen molar-refractivity contribution in [1.82, 2.24) is 9.80 Å². The van der Waals surface area contributed by atoms with Crippen molar-refractivity contribution >= 4 is 23.4 Å². The van der Waals surface area contributed by atoms with Gasteiger partial charge in [-0.3, -0.25) is 14.4 Å². The van der Waals surface area contributed by atoms with Crippen LogP contribution in [0.4, 0.5) is 5.69 Å². The van der Waals surface area contributed by atoms with Crippen LogP contribution in [-0.2, 0) is 19.1 Å². The van der Waals surface area contributed by atoms with E-state index in [0.29, 0.717) is 37.4 Å². The minimum Gasteiger partial charge on any atom is -0.494 e. The number of anilines is 1. The zero-order valence-electron chi connectivity index (χ0n) is 25.0. The van der Waals surface area contributed by atoms with Crippen LogP contribution < -0.4 is 9.64 Å². The number of rotatable bonds is 12. The highest BCUT2D eigenvalue weighted by atomic mass is 16.5. The fourth-order valence-corrected chi connectivity index (χ4v) is 7.84. The minimum atomic E-state index is -1.12. The summed E-state index contributed by atoms with van der Waals surface area (Å²) in [7, 11) is 0. The zero-order valence-corrected chi connectivity index (χ0v) is 25.0. The lowest BCUT2D eigenvalue weighted by Crippen LogP contribution is -2.60. The number of nitrogens with zero attached hydrogens (tertiary/aromatic N) is 3. The number of fused-ring (bicyclic) bond motifs is 1. The molecule has 0 radical (unpaired) electrons. The molecule has 2 bridgehead atoms. The van der Waals surface area contributed by atoms with E-state index in [2.05, 4.69) is 13.2 Å². The van der Waals surface area contributed by atoms with E-state index in [-0.39, 0.29) is 36.9 Å². The van der Waals surface area contributed by atoms with Gasteiger partial charge < -0.3 is 29.3 Å². The number of ether oxygens (including phenoxy) is 2. The van der Waals surface area contributed by atoms with E-state index in [1.807, 2.05) is 36.1 Å². The molecule has 3 amide bonds. The van der Waals surface area contributed by atoms with Crippen LogP contribution in [0.5, 0.6) is 5.75 Å². The number of carbonyl (C=O) groups is 3. The Kier molecular flexibility index (Phi) is 9.08. The minimum absolute atomic E-state index is 0.0693. The molecule has 9 nitrogen and oxygen atoms in total. The number of amides is 3. The summed E-state index contributed by atoms with van der Waals surface area (Å²) in [6.07, 6.45) is 9.12. The third kappa shape index (κ3) is 5.04. The fourth-order valence-electron chi connectivity index (χ4n) is 7.84. The first kappa shape index (κ1) is 30.3. The summed E-state index contributed by atoms with van der Waals surface area (Å²) in [6.45, 7) is 12.3. The van der Waals surface area contributed by atoms with E-state index in [9.17, 15) is 19.5 Å². The smallest absolute Gasteiger partial charge is 0.248 e. The van der Waals surface area contributed by atoms with Crippen LogP contribution in [0.15, 0.2) is 49.6 Å². The summed E-state index contributed by atoms with van der Waals surface area (Å²) >= 11 is 0. The van der Waals surface area contributed by atoms with Gasteiger partial charge in [0.25, 0.3) is 0 Å². The van der Waals surface area contributed by atoms with Crippen LogP contribution in [0.3, 0.4) is 0 Å².